The van der Waals surface area contributed by atoms with Crippen LogP contribution in [0.3, 0.4) is 0 Å². The van der Waals surface area contributed by atoms with E-state index in [1.807, 2.05) is 30.3 Å². The molecule has 0 spiro atoms. The average molecular weight is 397 g/mol. The molecule has 0 aliphatic heterocycles. The van der Waals surface area contributed by atoms with Crippen LogP contribution in [0.5, 0.6) is 11.5 Å². The summed E-state index contributed by atoms with van der Waals surface area (Å²) < 4.78 is 11.6. The molecular weight excluding hydrogens is 372 g/mol. The van der Waals surface area contributed by atoms with Gasteiger partial charge in [0.1, 0.15) is 11.5 Å². The molecule has 0 radical (unpaired) electrons. The lowest BCUT2D eigenvalue weighted by molar-refractivity contribution is -0.134. The Kier molecular flexibility index (Phi) is 7.14. The number of thiazole rings is 1. The van der Waals surface area contributed by atoms with Crippen molar-refractivity contribution in [2.24, 2.45) is 4.99 Å². The summed E-state index contributed by atoms with van der Waals surface area (Å²) in [5, 5.41) is 0.686. The largest absolute Gasteiger partial charge is 0.497 e. The monoisotopic (exact) mass is 396 g/mol. The van der Waals surface area contributed by atoms with Crippen LogP contribution in [0, 0.1) is 0 Å². The highest BCUT2D eigenvalue weighted by atomic mass is 32.1. The number of fused-ring (bicyclic) bond motifs is 1. The molecular formula is C22H24N2O3S. The van der Waals surface area contributed by atoms with Crippen molar-refractivity contribution in [1.82, 2.24) is 4.98 Å². The first kappa shape index (κ1) is 20.0. The summed E-state index contributed by atoms with van der Waals surface area (Å²) in [5.74, 6) is 1.19. The highest BCUT2D eigenvalue weighted by Crippen LogP contribution is 2.30. The summed E-state index contributed by atoms with van der Waals surface area (Å²) in [4.78, 5) is 20.8. The number of methoxy groups -OCH3 is 1. The van der Waals surface area contributed by atoms with Gasteiger partial charge in [-0.05, 0) is 54.4 Å². The number of esters is 1. The second-order valence-corrected chi connectivity index (χ2v) is 7.45. The highest BCUT2D eigenvalue weighted by molar-refractivity contribution is 7.22. The van der Waals surface area contributed by atoms with E-state index in [1.54, 1.807) is 25.5 Å². The maximum Gasteiger partial charge on any atom is 0.311 e. The number of nitrogens with zero attached hydrogens (tertiary/aromatic N) is 2. The summed E-state index contributed by atoms with van der Waals surface area (Å²) in [7, 11) is 1.65. The van der Waals surface area contributed by atoms with Crippen molar-refractivity contribution in [3.05, 3.63) is 48.0 Å². The lowest BCUT2D eigenvalue weighted by Gasteiger charge is -2.04. The van der Waals surface area contributed by atoms with Crippen molar-refractivity contribution in [2.45, 2.75) is 39.0 Å². The number of hydrogen-bond donors (Lipinski definition) is 0. The molecule has 0 atom stereocenters. The first-order chi connectivity index (χ1) is 13.7. The summed E-state index contributed by atoms with van der Waals surface area (Å²) in [6.45, 7) is 2.15. The number of benzene rings is 2. The van der Waals surface area contributed by atoms with Gasteiger partial charge in [0.05, 0.1) is 17.3 Å². The molecule has 0 aliphatic carbocycles. The van der Waals surface area contributed by atoms with Gasteiger partial charge in [0.15, 0.2) is 0 Å². The second kappa shape index (κ2) is 9.99. The van der Waals surface area contributed by atoms with Crippen molar-refractivity contribution in [3.8, 4) is 11.5 Å². The summed E-state index contributed by atoms with van der Waals surface area (Å²) in [6.07, 6.45) is 6.48. The number of unbranched alkanes of at least 4 members (excludes halogenated alkanes) is 3. The van der Waals surface area contributed by atoms with E-state index >= 15 is 0 Å². The molecule has 0 unspecified atom stereocenters. The zero-order chi connectivity index (χ0) is 19.8. The summed E-state index contributed by atoms with van der Waals surface area (Å²) in [6, 6.07) is 13.1. The molecule has 2 aromatic carbocycles. The predicted molar refractivity (Wildman–Crippen MR) is 114 cm³/mol. The smallest absolute Gasteiger partial charge is 0.311 e. The molecule has 1 heterocycles. The molecule has 0 aliphatic rings. The van der Waals surface area contributed by atoms with Crippen LogP contribution in [-0.4, -0.2) is 24.3 Å². The Hall–Kier alpha value is -2.73. The predicted octanol–water partition coefficient (Wildman–Crippen LogP) is 5.93. The normalized spacial score (nSPS) is 11.2. The lowest BCUT2D eigenvalue weighted by atomic mass is 10.1. The van der Waals surface area contributed by atoms with E-state index in [2.05, 4.69) is 16.9 Å². The maximum atomic E-state index is 11.8. The number of hydrogen-bond acceptors (Lipinski definition) is 6. The Labute approximate surface area is 169 Å². The molecule has 0 fully saturated rings. The SMILES string of the molecule is CCCCCCC(=O)Oc1ccc(/C=N/c2nc3ccc(OC)cc3s2)cc1. The van der Waals surface area contributed by atoms with Crippen LogP contribution < -0.4 is 9.47 Å². The first-order valence-electron chi connectivity index (χ1n) is 9.47. The van der Waals surface area contributed by atoms with E-state index in [4.69, 9.17) is 9.47 Å². The van der Waals surface area contributed by atoms with E-state index in [0.717, 1.165) is 47.2 Å². The molecule has 1 aromatic heterocycles. The minimum absolute atomic E-state index is 0.178. The summed E-state index contributed by atoms with van der Waals surface area (Å²) >= 11 is 1.51. The Morgan fingerprint density at radius 3 is 2.64 bits per heavy atom. The fourth-order valence-electron chi connectivity index (χ4n) is 2.71. The number of aliphatic imine (C=N–C) groups is 1. The lowest BCUT2D eigenvalue weighted by Crippen LogP contribution is -2.07. The molecule has 0 N–H and O–H groups in total. The molecule has 146 valence electrons. The van der Waals surface area contributed by atoms with Gasteiger partial charge in [-0.15, -0.1) is 0 Å². The van der Waals surface area contributed by atoms with Crippen LogP contribution >= 0.6 is 11.3 Å². The minimum atomic E-state index is -0.178. The highest BCUT2D eigenvalue weighted by Gasteiger charge is 2.05. The Balaban J connectivity index is 1.57. The molecule has 3 aromatic rings. The van der Waals surface area contributed by atoms with Crippen LogP contribution in [0.25, 0.3) is 10.2 Å². The van der Waals surface area contributed by atoms with Gasteiger partial charge in [-0.1, -0.05) is 37.5 Å². The van der Waals surface area contributed by atoms with E-state index in [-0.39, 0.29) is 5.97 Å². The van der Waals surface area contributed by atoms with Crippen molar-refractivity contribution in [3.63, 3.8) is 0 Å². The van der Waals surface area contributed by atoms with Crippen LogP contribution in [0.2, 0.25) is 0 Å². The third-order valence-corrected chi connectivity index (χ3v) is 5.18. The van der Waals surface area contributed by atoms with Crippen LogP contribution in [0.1, 0.15) is 44.6 Å². The van der Waals surface area contributed by atoms with Gasteiger partial charge >= 0.3 is 5.97 Å². The Morgan fingerprint density at radius 1 is 1.11 bits per heavy atom. The summed E-state index contributed by atoms with van der Waals surface area (Å²) in [5.41, 5.74) is 1.82. The molecule has 0 saturated carbocycles. The van der Waals surface area contributed by atoms with E-state index in [0.29, 0.717) is 17.3 Å². The second-order valence-electron chi connectivity index (χ2n) is 6.44. The standard InChI is InChI=1S/C22H24N2O3S/c1-3-4-5-6-7-21(25)27-17-10-8-16(9-11-17)15-23-22-24-19-13-12-18(26-2)14-20(19)28-22/h8-15H,3-7H2,1-2H3/b23-15+. The van der Waals surface area contributed by atoms with Gasteiger partial charge in [0, 0.05) is 12.6 Å². The molecule has 0 bridgehead atoms. The van der Waals surface area contributed by atoms with Crippen molar-refractivity contribution >= 4 is 38.9 Å². The van der Waals surface area contributed by atoms with Crippen LogP contribution in [-0.2, 0) is 4.79 Å². The van der Waals surface area contributed by atoms with Gasteiger partial charge in [0.2, 0.25) is 5.13 Å². The minimum Gasteiger partial charge on any atom is -0.497 e. The molecule has 0 saturated heterocycles. The molecule has 5 nitrogen and oxygen atoms in total. The molecule has 28 heavy (non-hydrogen) atoms. The van der Waals surface area contributed by atoms with E-state index in [1.165, 1.54) is 11.3 Å². The van der Waals surface area contributed by atoms with Gasteiger partial charge in [-0.25, -0.2) is 9.98 Å². The Morgan fingerprint density at radius 2 is 1.89 bits per heavy atom. The first-order valence-corrected chi connectivity index (χ1v) is 10.3. The van der Waals surface area contributed by atoms with Crippen molar-refractivity contribution in [1.29, 1.82) is 0 Å². The fraction of sp³-hybridized carbons (Fsp3) is 0.318. The molecule has 3 rings (SSSR count). The third-order valence-electron chi connectivity index (χ3n) is 4.25. The zero-order valence-corrected chi connectivity index (χ0v) is 17.0. The molecule has 6 heteroatoms. The van der Waals surface area contributed by atoms with E-state index in [9.17, 15) is 4.79 Å². The number of carbonyl (C=O) groups excluding carboxylic acids is 1. The number of rotatable bonds is 9. The van der Waals surface area contributed by atoms with Crippen LogP contribution in [0.15, 0.2) is 47.5 Å². The van der Waals surface area contributed by atoms with Crippen molar-refractivity contribution < 1.29 is 14.3 Å². The zero-order valence-electron chi connectivity index (χ0n) is 16.2. The third kappa shape index (κ3) is 5.63. The van der Waals surface area contributed by atoms with Gasteiger partial charge < -0.3 is 9.47 Å². The van der Waals surface area contributed by atoms with Gasteiger partial charge in [-0.3, -0.25) is 4.79 Å². The molecule has 0 amide bonds. The number of aromatic nitrogens is 1. The fourth-order valence-corrected chi connectivity index (χ4v) is 3.54. The van der Waals surface area contributed by atoms with Gasteiger partial charge in [0.25, 0.3) is 0 Å². The van der Waals surface area contributed by atoms with E-state index < -0.39 is 0 Å². The van der Waals surface area contributed by atoms with Crippen LogP contribution in [0.4, 0.5) is 5.13 Å². The maximum absolute atomic E-state index is 11.8. The number of carbonyl (C=O) groups is 1. The van der Waals surface area contributed by atoms with Crippen molar-refractivity contribution in [2.75, 3.05) is 7.11 Å². The average Bonchev–Trinajstić information content (AvgIpc) is 3.12. The Bertz CT molecular complexity index is 948. The topological polar surface area (TPSA) is 60.8 Å². The quantitative estimate of drug-likeness (QED) is 0.195. The number of ether oxygens (including phenoxy) is 2. The van der Waals surface area contributed by atoms with Gasteiger partial charge in [-0.2, -0.15) is 0 Å².